The molecule has 0 aromatic heterocycles. The van der Waals surface area contributed by atoms with Gasteiger partial charge in [0, 0.05) is 0 Å². The predicted octanol–water partition coefficient (Wildman–Crippen LogP) is 0.860. The highest BCUT2D eigenvalue weighted by molar-refractivity contribution is 6.21. The zero-order valence-corrected chi connectivity index (χ0v) is 9.84. The molecule has 0 aliphatic rings. The zero-order chi connectivity index (χ0) is 13.5. The van der Waals surface area contributed by atoms with Gasteiger partial charge >= 0.3 is 5.97 Å². The van der Waals surface area contributed by atoms with E-state index in [4.69, 9.17) is 5.11 Å². The molecular weight excluding hydrogens is 234 g/mol. The van der Waals surface area contributed by atoms with E-state index in [0.717, 1.165) is 0 Å². The average molecular weight is 247 g/mol. The predicted molar refractivity (Wildman–Crippen MR) is 65.7 cm³/mol. The lowest BCUT2D eigenvalue weighted by molar-refractivity contribution is -0.137. The Labute approximate surface area is 104 Å². The Bertz CT molecular complexity index is 491. The van der Waals surface area contributed by atoms with Crippen LogP contribution >= 0.6 is 0 Å². The molecule has 1 aromatic rings. The highest BCUT2D eigenvalue weighted by Crippen LogP contribution is 2.07. The van der Waals surface area contributed by atoms with Crippen molar-refractivity contribution in [2.75, 3.05) is 6.54 Å². The van der Waals surface area contributed by atoms with Gasteiger partial charge in [-0.1, -0.05) is 30.3 Å². The minimum absolute atomic E-state index is 0.0672. The molecule has 2 N–H and O–H groups in total. The van der Waals surface area contributed by atoms with E-state index in [0.29, 0.717) is 5.56 Å². The molecule has 0 saturated carbocycles. The third kappa shape index (κ3) is 4.21. The molecule has 0 aliphatic heterocycles. The molecule has 5 heteroatoms. The summed E-state index contributed by atoms with van der Waals surface area (Å²) in [4.78, 5) is 33.3. The Morgan fingerprint density at radius 1 is 1.22 bits per heavy atom. The molecule has 18 heavy (non-hydrogen) atoms. The Morgan fingerprint density at radius 2 is 1.83 bits per heavy atom. The molecule has 0 aliphatic carbocycles. The SMILES string of the molecule is CC(=O)/C(=C\c1ccccc1)C(=O)NCC(=O)O. The van der Waals surface area contributed by atoms with Crippen molar-refractivity contribution in [3.63, 3.8) is 0 Å². The summed E-state index contributed by atoms with van der Waals surface area (Å²) in [6, 6.07) is 8.85. The summed E-state index contributed by atoms with van der Waals surface area (Å²) in [5.41, 5.74) is 0.635. The van der Waals surface area contributed by atoms with Gasteiger partial charge in [0.05, 0.1) is 5.57 Å². The fraction of sp³-hybridized carbons (Fsp3) is 0.154. The van der Waals surface area contributed by atoms with Gasteiger partial charge in [0.1, 0.15) is 6.54 Å². The molecule has 0 radical (unpaired) electrons. The Hall–Kier alpha value is -2.43. The molecule has 0 atom stereocenters. The lowest BCUT2D eigenvalue weighted by Gasteiger charge is -2.04. The van der Waals surface area contributed by atoms with Gasteiger partial charge in [0.2, 0.25) is 0 Å². The number of ketones is 1. The average Bonchev–Trinajstić information content (AvgIpc) is 2.34. The van der Waals surface area contributed by atoms with Crippen LogP contribution in [0.15, 0.2) is 35.9 Å². The maximum atomic E-state index is 11.6. The summed E-state index contributed by atoms with van der Waals surface area (Å²) in [7, 11) is 0. The number of carboxylic acids is 1. The maximum absolute atomic E-state index is 11.6. The van der Waals surface area contributed by atoms with Crippen LogP contribution in [0, 0.1) is 0 Å². The number of amides is 1. The van der Waals surface area contributed by atoms with E-state index in [2.05, 4.69) is 5.32 Å². The highest BCUT2D eigenvalue weighted by Gasteiger charge is 2.14. The number of aliphatic carboxylic acids is 1. The van der Waals surface area contributed by atoms with E-state index in [1.54, 1.807) is 24.3 Å². The minimum atomic E-state index is -1.16. The van der Waals surface area contributed by atoms with Crippen LogP contribution in [0.5, 0.6) is 0 Å². The largest absolute Gasteiger partial charge is 0.480 e. The monoisotopic (exact) mass is 247 g/mol. The van der Waals surface area contributed by atoms with E-state index >= 15 is 0 Å². The Kier molecular flexibility index (Phi) is 4.80. The van der Waals surface area contributed by atoms with Crippen molar-refractivity contribution in [3.05, 3.63) is 41.5 Å². The summed E-state index contributed by atoms with van der Waals surface area (Å²) in [5.74, 6) is -2.26. The van der Waals surface area contributed by atoms with E-state index in [1.807, 2.05) is 6.07 Å². The van der Waals surface area contributed by atoms with Crippen LogP contribution < -0.4 is 5.32 Å². The van der Waals surface area contributed by atoms with Gasteiger partial charge in [-0.15, -0.1) is 0 Å². The van der Waals surface area contributed by atoms with Gasteiger partial charge < -0.3 is 10.4 Å². The van der Waals surface area contributed by atoms with Gasteiger partial charge in [-0.05, 0) is 18.6 Å². The number of benzene rings is 1. The number of rotatable bonds is 5. The fourth-order valence-electron chi connectivity index (χ4n) is 1.29. The number of carbonyl (C=O) groups excluding carboxylic acids is 2. The lowest BCUT2D eigenvalue weighted by atomic mass is 10.1. The number of hydrogen-bond donors (Lipinski definition) is 2. The normalized spacial score (nSPS) is 10.8. The van der Waals surface area contributed by atoms with Crippen LogP contribution in [0.3, 0.4) is 0 Å². The lowest BCUT2D eigenvalue weighted by Crippen LogP contribution is -2.32. The second-order valence-corrected chi connectivity index (χ2v) is 3.60. The van der Waals surface area contributed by atoms with Crippen molar-refractivity contribution < 1.29 is 19.5 Å². The van der Waals surface area contributed by atoms with E-state index in [9.17, 15) is 14.4 Å². The molecule has 0 saturated heterocycles. The first-order valence-corrected chi connectivity index (χ1v) is 5.28. The third-order valence-corrected chi connectivity index (χ3v) is 2.13. The number of carbonyl (C=O) groups is 3. The van der Waals surface area contributed by atoms with Crippen LogP contribution in [-0.2, 0) is 14.4 Å². The molecule has 1 rings (SSSR count). The van der Waals surface area contributed by atoms with Gasteiger partial charge in [0.25, 0.3) is 5.91 Å². The zero-order valence-electron chi connectivity index (χ0n) is 9.84. The molecule has 94 valence electrons. The minimum Gasteiger partial charge on any atom is -0.480 e. The molecule has 0 bridgehead atoms. The molecule has 0 heterocycles. The quantitative estimate of drug-likeness (QED) is 0.459. The number of Topliss-reactive ketones (excluding diaryl/α,β-unsaturated/α-hetero) is 1. The number of hydrogen-bond acceptors (Lipinski definition) is 3. The third-order valence-electron chi connectivity index (χ3n) is 2.13. The first kappa shape index (κ1) is 13.6. The Balaban J connectivity index is 2.90. The molecule has 5 nitrogen and oxygen atoms in total. The maximum Gasteiger partial charge on any atom is 0.322 e. The Morgan fingerprint density at radius 3 is 2.33 bits per heavy atom. The number of nitrogens with one attached hydrogen (secondary N) is 1. The van der Waals surface area contributed by atoms with Crippen molar-refractivity contribution in [2.45, 2.75) is 6.92 Å². The van der Waals surface area contributed by atoms with E-state index < -0.39 is 24.2 Å². The summed E-state index contributed by atoms with van der Waals surface area (Å²) in [6.45, 7) is 0.743. The highest BCUT2D eigenvalue weighted by atomic mass is 16.4. The van der Waals surface area contributed by atoms with E-state index in [1.165, 1.54) is 13.0 Å². The van der Waals surface area contributed by atoms with Gasteiger partial charge in [-0.3, -0.25) is 14.4 Å². The van der Waals surface area contributed by atoms with Crippen LogP contribution in [-0.4, -0.2) is 29.3 Å². The molecule has 0 spiro atoms. The molecule has 0 fully saturated rings. The fourth-order valence-corrected chi connectivity index (χ4v) is 1.29. The van der Waals surface area contributed by atoms with Crippen molar-refractivity contribution in [1.82, 2.24) is 5.32 Å². The molecule has 1 aromatic carbocycles. The van der Waals surface area contributed by atoms with Crippen LogP contribution in [0.1, 0.15) is 12.5 Å². The summed E-state index contributed by atoms with van der Waals surface area (Å²) in [6.07, 6.45) is 1.43. The summed E-state index contributed by atoms with van der Waals surface area (Å²) in [5, 5.41) is 10.6. The molecule has 0 unspecified atom stereocenters. The summed E-state index contributed by atoms with van der Waals surface area (Å²) < 4.78 is 0. The molecular formula is C13H13NO4. The topological polar surface area (TPSA) is 83.5 Å². The summed E-state index contributed by atoms with van der Waals surface area (Å²) >= 11 is 0. The molecule has 1 amide bonds. The van der Waals surface area contributed by atoms with Crippen LogP contribution in [0.4, 0.5) is 0 Å². The van der Waals surface area contributed by atoms with Gasteiger partial charge in [-0.2, -0.15) is 0 Å². The van der Waals surface area contributed by atoms with Gasteiger partial charge in [0.15, 0.2) is 5.78 Å². The standard InChI is InChI=1S/C13H13NO4/c1-9(15)11(13(18)14-8-12(16)17)7-10-5-3-2-4-6-10/h2-7H,8H2,1H3,(H,14,18)(H,16,17)/b11-7+. The second-order valence-electron chi connectivity index (χ2n) is 3.60. The van der Waals surface area contributed by atoms with Crippen LogP contribution in [0.25, 0.3) is 6.08 Å². The van der Waals surface area contributed by atoms with E-state index in [-0.39, 0.29) is 5.57 Å². The van der Waals surface area contributed by atoms with Crippen molar-refractivity contribution in [3.8, 4) is 0 Å². The van der Waals surface area contributed by atoms with Crippen molar-refractivity contribution in [2.24, 2.45) is 0 Å². The van der Waals surface area contributed by atoms with Gasteiger partial charge in [-0.25, -0.2) is 0 Å². The second kappa shape index (κ2) is 6.34. The smallest absolute Gasteiger partial charge is 0.322 e. The first-order valence-electron chi connectivity index (χ1n) is 5.28. The number of carboxylic acid groups (broad SMARTS) is 1. The van der Waals surface area contributed by atoms with Crippen molar-refractivity contribution >= 4 is 23.7 Å². The van der Waals surface area contributed by atoms with Crippen molar-refractivity contribution in [1.29, 1.82) is 0 Å². The first-order chi connectivity index (χ1) is 8.50. The van der Waals surface area contributed by atoms with Crippen LogP contribution in [0.2, 0.25) is 0 Å².